The molecule has 0 spiro atoms. The summed E-state index contributed by atoms with van der Waals surface area (Å²) in [4.78, 5) is 20.9. The van der Waals surface area contributed by atoms with Gasteiger partial charge in [-0.3, -0.25) is 0 Å². The smallest absolute Gasteiger partial charge is 0.336 e. The Bertz CT molecular complexity index is 421. The number of hydrogen-bond acceptors (Lipinski definition) is 3. The van der Waals surface area contributed by atoms with E-state index in [2.05, 4.69) is 13.8 Å². The van der Waals surface area contributed by atoms with Gasteiger partial charge in [-0.05, 0) is 24.5 Å². The van der Waals surface area contributed by atoms with E-state index in [1.807, 2.05) is 0 Å². The molecule has 0 radical (unpaired) electrons. The van der Waals surface area contributed by atoms with E-state index in [4.69, 9.17) is 15.3 Å². The molecule has 5 heteroatoms. The van der Waals surface area contributed by atoms with Crippen molar-refractivity contribution < 1.29 is 24.9 Å². The maximum absolute atomic E-state index is 10.5. The first kappa shape index (κ1) is 20.1. The van der Waals surface area contributed by atoms with Gasteiger partial charge in [0.25, 0.3) is 0 Å². The molecule has 0 aliphatic carbocycles. The molecule has 0 unspecified atom stereocenters. The second-order valence-electron chi connectivity index (χ2n) is 5.48. The summed E-state index contributed by atoms with van der Waals surface area (Å²) in [5.41, 5.74) is -0.380. The molecule has 0 aliphatic rings. The lowest BCUT2D eigenvalue weighted by Gasteiger charge is -2.02. The molecule has 0 saturated carbocycles. The molecular weight excluding hydrogens is 284 g/mol. The second-order valence-corrected chi connectivity index (χ2v) is 5.48. The van der Waals surface area contributed by atoms with Crippen molar-refractivity contribution in [3.05, 3.63) is 35.4 Å². The third-order valence-electron chi connectivity index (χ3n) is 3.08. The van der Waals surface area contributed by atoms with Crippen molar-refractivity contribution in [1.82, 2.24) is 0 Å². The van der Waals surface area contributed by atoms with E-state index in [0.717, 1.165) is 12.3 Å². The van der Waals surface area contributed by atoms with E-state index in [1.165, 1.54) is 49.9 Å². The van der Waals surface area contributed by atoms with Gasteiger partial charge >= 0.3 is 11.9 Å². The molecule has 1 rings (SSSR count). The van der Waals surface area contributed by atoms with Crippen LogP contribution in [-0.4, -0.2) is 33.9 Å². The lowest BCUT2D eigenvalue weighted by atomic mass is 10.0. The van der Waals surface area contributed by atoms with Gasteiger partial charge in [-0.1, -0.05) is 51.7 Å². The summed E-state index contributed by atoms with van der Waals surface area (Å²) >= 11 is 0. The van der Waals surface area contributed by atoms with Crippen LogP contribution in [-0.2, 0) is 0 Å². The minimum Gasteiger partial charge on any atom is -0.478 e. The molecule has 0 fully saturated rings. The summed E-state index contributed by atoms with van der Waals surface area (Å²) in [6.45, 7) is 4.87. The molecule has 0 atom stereocenters. The van der Waals surface area contributed by atoms with E-state index in [0.29, 0.717) is 6.61 Å². The molecule has 0 saturated heterocycles. The molecule has 0 bridgehead atoms. The van der Waals surface area contributed by atoms with Crippen LogP contribution in [0, 0.1) is 5.92 Å². The fourth-order valence-electron chi connectivity index (χ4n) is 1.87. The van der Waals surface area contributed by atoms with Crippen LogP contribution in [0.2, 0.25) is 0 Å². The van der Waals surface area contributed by atoms with Crippen LogP contribution in [0.3, 0.4) is 0 Å². The molecule has 0 aliphatic heterocycles. The normalized spacial score (nSPS) is 10.0. The highest BCUT2D eigenvalue weighted by Gasteiger charge is 2.13. The predicted octanol–water partition coefficient (Wildman–Crippen LogP) is 3.67. The molecule has 124 valence electrons. The zero-order valence-electron chi connectivity index (χ0n) is 13.3. The van der Waals surface area contributed by atoms with Crippen LogP contribution in [0.1, 0.15) is 66.7 Å². The summed E-state index contributed by atoms with van der Waals surface area (Å²) < 4.78 is 0. The van der Waals surface area contributed by atoms with E-state index in [9.17, 15) is 9.59 Å². The fraction of sp³-hybridized carbons (Fsp3) is 0.529. The van der Waals surface area contributed by atoms with Crippen LogP contribution in [0.5, 0.6) is 0 Å². The number of unbranched alkanes of at least 4 members (excludes halogenated alkanes) is 3. The minimum atomic E-state index is -1.23. The Morgan fingerprint density at radius 3 is 1.73 bits per heavy atom. The largest absolute Gasteiger partial charge is 0.478 e. The number of aliphatic hydroxyl groups is 1. The van der Waals surface area contributed by atoms with Crippen molar-refractivity contribution in [3.8, 4) is 0 Å². The third-order valence-corrected chi connectivity index (χ3v) is 3.08. The van der Waals surface area contributed by atoms with Gasteiger partial charge in [0.15, 0.2) is 0 Å². The Kier molecular flexibility index (Phi) is 10.7. The van der Waals surface area contributed by atoms with Crippen molar-refractivity contribution in [2.24, 2.45) is 5.92 Å². The van der Waals surface area contributed by atoms with Crippen molar-refractivity contribution in [2.75, 3.05) is 6.61 Å². The molecule has 1 aromatic rings. The van der Waals surface area contributed by atoms with E-state index < -0.39 is 11.9 Å². The van der Waals surface area contributed by atoms with Crippen LogP contribution in [0.4, 0.5) is 0 Å². The summed E-state index contributed by atoms with van der Waals surface area (Å²) in [7, 11) is 0. The van der Waals surface area contributed by atoms with E-state index in [1.54, 1.807) is 0 Å². The monoisotopic (exact) mass is 310 g/mol. The molecule has 1 aromatic carbocycles. The molecule has 0 amide bonds. The average Bonchev–Trinajstić information content (AvgIpc) is 2.47. The maximum Gasteiger partial charge on any atom is 0.336 e. The third kappa shape index (κ3) is 9.13. The van der Waals surface area contributed by atoms with Crippen LogP contribution >= 0.6 is 0 Å². The van der Waals surface area contributed by atoms with Crippen molar-refractivity contribution >= 4 is 11.9 Å². The standard InChI is InChI=1S/C9H20O.C8H6O4/c1-9(2)7-5-3-4-6-8-10;9-7(10)5-3-1-2-4-6(5)8(11)12/h9-10H,3-8H2,1-2H3;1-4H,(H,9,10)(H,11,12). The van der Waals surface area contributed by atoms with Gasteiger partial charge < -0.3 is 15.3 Å². The molecular formula is C17H26O5. The molecule has 22 heavy (non-hydrogen) atoms. The quantitative estimate of drug-likeness (QED) is 0.637. The van der Waals surface area contributed by atoms with E-state index >= 15 is 0 Å². The first-order valence-electron chi connectivity index (χ1n) is 7.56. The van der Waals surface area contributed by atoms with E-state index in [-0.39, 0.29) is 11.1 Å². The lowest BCUT2D eigenvalue weighted by Crippen LogP contribution is -2.06. The van der Waals surface area contributed by atoms with Crippen LogP contribution < -0.4 is 0 Å². The maximum atomic E-state index is 10.5. The second kappa shape index (κ2) is 11.7. The predicted molar refractivity (Wildman–Crippen MR) is 85.4 cm³/mol. The highest BCUT2D eigenvalue weighted by atomic mass is 16.4. The molecule has 5 nitrogen and oxygen atoms in total. The van der Waals surface area contributed by atoms with Crippen molar-refractivity contribution in [1.29, 1.82) is 0 Å². The van der Waals surface area contributed by atoms with Gasteiger partial charge in [0.2, 0.25) is 0 Å². The molecule has 3 N–H and O–H groups in total. The number of carboxylic acid groups (broad SMARTS) is 2. The van der Waals surface area contributed by atoms with Gasteiger partial charge in [-0.15, -0.1) is 0 Å². The van der Waals surface area contributed by atoms with Crippen LogP contribution in [0.15, 0.2) is 24.3 Å². The van der Waals surface area contributed by atoms with Gasteiger partial charge in [-0.2, -0.15) is 0 Å². The molecule has 0 aromatic heterocycles. The fourth-order valence-corrected chi connectivity index (χ4v) is 1.87. The number of carboxylic acids is 2. The van der Waals surface area contributed by atoms with Gasteiger partial charge in [0.05, 0.1) is 11.1 Å². The number of hydrogen-bond donors (Lipinski definition) is 3. The first-order chi connectivity index (χ1) is 10.4. The minimum absolute atomic E-state index is 0.190. The SMILES string of the molecule is CC(C)CCCCCCO.O=C(O)c1ccccc1C(=O)O. The number of aliphatic hydroxyl groups excluding tert-OH is 1. The Labute approximate surface area is 131 Å². The summed E-state index contributed by atoms with van der Waals surface area (Å²) in [6, 6.07) is 5.48. The zero-order chi connectivity index (χ0) is 17.0. The van der Waals surface area contributed by atoms with Gasteiger partial charge in [-0.25, -0.2) is 9.59 Å². The number of benzene rings is 1. The number of aromatic carboxylic acids is 2. The van der Waals surface area contributed by atoms with Gasteiger partial charge in [0.1, 0.15) is 0 Å². The van der Waals surface area contributed by atoms with Crippen LogP contribution in [0.25, 0.3) is 0 Å². The Hall–Kier alpha value is -1.88. The van der Waals surface area contributed by atoms with Crippen molar-refractivity contribution in [2.45, 2.75) is 46.0 Å². The summed E-state index contributed by atoms with van der Waals surface area (Å²) in [6.07, 6.45) is 6.14. The highest BCUT2D eigenvalue weighted by molar-refractivity contribution is 6.01. The Morgan fingerprint density at radius 1 is 0.909 bits per heavy atom. The van der Waals surface area contributed by atoms with Gasteiger partial charge in [0, 0.05) is 6.61 Å². The summed E-state index contributed by atoms with van der Waals surface area (Å²) in [5.74, 6) is -1.62. The number of carbonyl (C=O) groups is 2. The first-order valence-corrected chi connectivity index (χ1v) is 7.56. The Balaban J connectivity index is 0.000000409. The zero-order valence-corrected chi connectivity index (χ0v) is 13.3. The Morgan fingerprint density at radius 2 is 1.36 bits per heavy atom. The summed E-state index contributed by atoms with van der Waals surface area (Å²) in [5, 5.41) is 25.6. The van der Waals surface area contributed by atoms with Crippen molar-refractivity contribution in [3.63, 3.8) is 0 Å². The topological polar surface area (TPSA) is 94.8 Å². The molecule has 0 heterocycles. The lowest BCUT2D eigenvalue weighted by molar-refractivity contribution is 0.0651. The number of rotatable bonds is 8. The average molecular weight is 310 g/mol. The highest BCUT2D eigenvalue weighted by Crippen LogP contribution is 2.09.